The number of aliphatic carboxylic acids is 2. The van der Waals surface area contributed by atoms with Gasteiger partial charge in [0, 0.05) is 18.2 Å². The van der Waals surface area contributed by atoms with Crippen molar-refractivity contribution >= 4 is 30.1 Å². The summed E-state index contributed by atoms with van der Waals surface area (Å²) >= 11 is 0. The van der Waals surface area contributed by atoms with E-state index < -0.39 is 30.9 Å². The number of carboxylic acid groups (broad SMARTS) is 2. The third kappa shape index (κ3) is 7.79. The molecule has 0 radical (unpaired) electrons. The first-order chi connectivity index (χ1) is 14.7. The molecule has 170 valence electrons. The maximum absolute atomic E-state index is 13.1. The number of carboxylic acids is 2. The highest BCUT2D eigenvalue weighted by molar-refractivity contribution is 7.58. The zero-order chi connectivity index (χ0) is 22.9. The number of fused-ring (bicyclic) bond motifs is 1. The van der Waals surface area contributed by atoms with Crippen LogP contribution < -0.4 is 0 Å². The zero-order valence-electron chi connectivity index (χ0n) is 18.1. The van der Waals surface area contributed by atoms with E-state index in [1.165, 1.54) is 10.9 Å². The molecule has 0 heterocycles. The molecular formula is C24H33O6P. The second-order valence-corrected chi connectivity index (χ2v) is 10.8. The van der Waals surface area contributed by atoms with Crippen molar-refractivity contribution in [2.75, 3.05) is 6.16 Å². The Bertz CT molecular complexity index is 925. The molecule has 6 nitrogen and oxygen atoms in total. The predicted octanol–water partition coefficient (Wildman–Crippen LogP) is 5.56. The number of aryl methyl sites for hydroxylation is 1. The van der Waals surface area contributed by atoms with E-state index in [0.717, 1.165) is 24.6 Å². The lowest BCUT2D eigenvalue weighted by Crippen LogP contribution is -2.30. The van der Waals surface area contributed by atoms with Crippen LogP contribution in [-0.2, 0) is 20.6 Å². The van der Waals surface area contributed by atoms with Crippen LogP contribution in [0.15, 0.2) is 42.5 Å². The second-order valence-electron chi connectivity index (χ2n) is 8.20. The van der Waals surface area contributed by atoms with Crippen molar-refractivity contribution in [1.82, 2.24) is 0 Å². The number of benzene rings is 2. The van der Waals surface area contributed by atoms with Crippen molar-refractivity contribution in [3.05, 3.63) is 48.0 Å². The topological polar surface area (TPSA) is 112 Å². The normalized spacial score (nSPS) is 15.3. The molecule has 0 bridgehead atoms. The summed E-state index contributed by atoms with van der Waals surface area (Å²) < 4.78 is 13.1. The average Bonchev–Trinajstić information content (AvgIpc) is 2.72. The first-order valence-electron chi connectivity index (χ1n) is 11.0. The van der Waals surface area contributed by atoms with Crippen molar-refractivity contribution in [3.63, 3.8) is 0 Å². The van der Waals surface area contributed by atoms with Crippen molar-refractivity contribution in [1.29, 1.82) is 0 Å². The highest BCUT2D eigenvalue weighted by Gasteiger charge is 2.40. The summed E-state index contributed by atoms with van der Waals surface area (Å²) in [7, 11) is -3.74. The number of carbonyl (C=O) groups is 2. The van der Waals surface area contributed by atoms with Crippen LogP contribution in [0.3, 0.4) is 0 Å². The summed E-state index contributed by atoms with van der Waals surface area (Å²) in [6.45, 7) is 1.94. The quantitative estimate of drug-likeness (QED) is 0.258. The lowest BCUT2D eigenvalue weighted by molar-refractivity contribution is -0.143. The van der Waals surface area contributed by atoms with E-state index in [-0.39, 0.29) is 19.0 Å². The Morgan fingerprint density at radius 3 is 2.32 bits per heavy atom. The van der Waals surface area contributed by atoms with Gasteiger partial charge in [-0.1, -0.05) is 62.2 Å². The van der Waals surface area contributed by atoms with Gasteiger partial charge in [-0.25, -0.2) is 0 Å². The van der Waals surface area contributed by atoms with E-state index in [1.54, 1.807) is 0 Å². The number of hydrogen-bond acceptors (Lipinski definition) is 3. The molecule has 2 aromatic carbocycles. The summed E-state index contributed by atoms with van der Waals surface area (Å²) in [5.74, 6) is -3.39. The molecule has 31 heavy (non-hydrogen) atoms. The first-order valence-corrected chi connectivity index (χ1v) is 12.9. The molecule has 2 aromatic rings. The molecule has 0 fully saturated rings. The van der Waals surface area contributed by atoms with Gasteiger partial charge in [-0.15, -0.1) is 0 Å². The standard InChI is InChI=1S/C24H33O6P/c1-2-3-11-22(21(24(27)28)14-15-23(25)26)31(29,30)16-7-6-8-18-12-13-19-9-4-5-10-20(19)17-18/h4-5,9-10,12-13,17,21-22H,2-3,6-8,11,14-16H2,1H3,(H,25,26)(H,27,28)(H,29,30). The van der Waals surface area contributed by atoms with Crippen molar-refractivity contribution < 1.29 is 29.3 Å². The molecule has 3 atom stereocenters. The number of unbranched alkanes of at least 4 members (excludes halogenated alkanes) is 2. The van der Waals surface area contributed by atoms with E-state index in [1.807, 2.05) is 19.1 Å². The minimum Gasteiger partial charge on any atom is -0.481 e. The maximum Gasteiger partial charge on any atom is 0.307 e. The average molecular weight is 448 g/mol. The van der Waals surface area contributed by atoms with E-state index in [9.17, 15) is 24.2 Å². The van der Waals surface area contributed by atoms with Gasteiger partial charge in [-0.2, -0.15) is 0 Å². The van der Waals surface area contributed by atoms with Crippen LogP contribution >= 0.6 is 7.37 Å². The molecule has 0 spiro atoms. The Morgan fingerprint density at radius 1 is 0.968 bits per heavy atom. The van der Waals surface area contributed by atoms with Gasteiger partial charge in [0.25, 0.3) is 0 Å². The lowest BCUT2D eigenvalue weighted by atomic mass is 9.95. The fourth-order valence-electron chi connectivity index (χ4n) is 4.08. The summed E-state index contributed by atoms with van der Waals surface area (Å²) in [4.78, 5) is 33.4. The fraction of sp³-hybridized carbons (Fsp3) is 0.500. The van der Waals surface area contributed by atoms with Gasteiger partial charge in [0.15, 0.2) is 0 Å². The molecule has 0 saturated carbocycles. The van der Waals surface area contributed by atoms with Gasteiger partial charge >= 0.3 is 11.9 Å². The molecule has 0 aliphatic carbocycles. The van der Waals surface area contributed by atoms with Crippen LogP contribution in [0, 0.1) is 5.92 Å². The molecule has 0 aliphatic rings. The molecule has 3 N–H and O–H groups in total. The molecule has 2 rings (SSSR count). The van der Waals surface area contributed by atoms with Crippen molar-refractivity contribution in [3.8, 4) is 0 Å². The van der Waals surface area contributed by atoms with Crippen LogP contribution in [-0.4, -0.2) is 38.9 Å². The molecule has 3 unspecified atom stereocenters. The van der Waals surface area contributed by atoms with Gasteiger partial charge in [0.1, 0.15) is 0 Å². The smallest absolute Gasteiger partial charge is 0.307 e. The summed E-state index contributed by atoms with van der Waals surface area (Å²) in [6, 6.07) is 14.4. The molecule has 0 amide bonds. The highest BCUT2D eigenvalue weighted by atomic mass is 31.2. The van der Waals surface area contributed by atoms with Gasteiger partial charge in [-0.05, 0) is 48.4 Å². The minimum atomic E-state index is -3.74. The summed E-state index contributed by atoms with van der Waals surface area (Å²) in [5, 5.41) is 20.9. The van der Waals surface area contributed by atoms with E-state index in [0.29, 0.717) is 19.3 Å². The first kappa shape index (κ1) is 25.1. The minimum absolute atomic E-state index is 0.0613. The number of rotatable bonds is 14. The van der Waals surface area contributed by atoms with Crippen LogP contribution in [0.5, 0.6) is 0 Å². The third-order valence-corrected chi connectivity index (χ3v) is 8.44. The maximum atomic E-state index is 13.1. The monoisotopic (exact) mass is 448 g/mol. The van der Waals surface area contributed by atoms with E-state index in [4.69, 9.17) is 5.11 Å². The summed E-state index contributed by atoms with van der Waals surface area (Å²) in [6.07, 6.45) is 3.41. The Labute approximate surface area is 183 Å². The SMILES string of the molecule is CCCCC(C(CCC(=O)O)C(=O)O)P(=O)(O)CCCCc1ccc2ccccc2c1. The molecule has 0 aliphatic heterocycles. The second kappa shape index (κ2) is 12.0. The molecule has 7 heteroatoms. The van der Waals surface area contributed by atoms with Gasteiger partial charge in [0.2, 0.25) is 7.37 Å². The third-order valence-electron chi connectivity index (χ3n) is 5.83. The van der Waals surface area contributed by atoms with E-state index in [2.05, 4.69) is 30.3 Å². The Morgan fingerprint density at radius 2 is 1.68 bits per heavy atom. The Hall–Kier alpha value is -2.17. The molecule has 0 saturated heterocycles. The Balaban J connectivity index is 1.99. The van der Waals surface area contributed by atoms with Crippen LogP contribution in [0.2, 0.25) is 0 Å². The zero-order valence-corrected chi connectivity index (χ0v) is 19.0. The van der Waals surface area contributed by atoms with Gasteiger partial charge in [-0.3, -0.25) is 14.2 Å². The van der Waals surface area contributed by atoms with Crippen molar-refractivity contribution in [2.45, 2.75) is 63.9 Å². The van der Waals surface area contributed by atoms with Gasteiger partial charge in [0.05, 0.1) is 5.92 Å². The summed E-state index contributed by atoms with van der Waals surface area (Å²) in [5.41, 5.74) is 0.267. The van der Waals surface area contributed by atoms with Crippen molar-refractivity contribution in [2.24, 2.45) is 5.92 Å². The fourth-order valence-corrected chi connectivity index (χ4v) is 6.52. The number of hydrogen-bond donors (Lipinski definition) is 3. The Kier molecular flexibility index (Phi) is 9.73. The molecule has 0 aromatic heterocycles. The van der Waals surface area contributed by atoms with Crippen LogP contribution in [0.1, 0.15) is 57.4 Å². The predicted molar refractivity (Wildman–Crippen MR) is 123 cm³/mol. The van der Waals surface area contributed by atoms with Gasteiger partial charge < -0.3 is 15.1 Å². The lowest BCUT2D eigenvalue weighted by Gasteiger charge is -2.28. The van der Waals surface area contributed by atoms with Crippen LogP contribution in [0.25, 0.3) is 10.8 Å². The van der Waals surface area contributed by atoms with Crippen LogP contribution in [0.4, 0.5) is 0 Å². The highest BCUT2D eigenvalue weighted by Crippen LogP contribution is 2.53. The molecular weight excluding hydrogens is 415 g/mol. The largest absolute Gasteiger partial charge is 0.481 e. The van der Waals surface area contributed by atoms with E-state index >= 15 is 0 Å².